The van der Waals surface area contributed by atoms with E-state index in [0.717, 1.165) is 25.7 Å². The van der Waals surface area contributed by atoms with E-state index >= 15 is 0 Å². The van der Waals surface area contributed by atoms with Crippen LogP contribution in [-0.2, 0) is 16.1 Å². The maximum Gasteiger partial charge on any atom is 0.306 e. The van der Waals surface area contributed by atoms with Crippen molar-refractivity contribution in [3.8, 4) is 0 Å². The van der Waals surface area contributed by atoms with Crippen molar-refractivity contribution < 1.29 is 14.5 Å². The summed E-state index contributed by atoms with van der Waals surface area (Å²) in [5.41, 5.74) is 0.423. The number of ether oxygens (including phenoxy) is 1. The number of hydrogen-bond acceptors (Lipinski definition) is 4. The maximum absolute atomic E-state index is 11.8. The Kier molecular flexibility index (Phi) is 15.2. The molecule has 1 rings (SSSR count). The zero-order valence-electron chi connectivity index (χ0n) is 18.7. The first-order valence-corrected chi connectivity index (χ1v) is 11.7. The third-order valence-electron chi connectivity index (χ3n) is 5.22. The molecule has 5 heteroatoms. The van der Waals surface area contributed by atoms with Gasteiger partial charge in [0.25, 0.3) is 5.69 Å². The van der Waals surface area contributed by atoms with Gasteiger partial charge in [0.05, 0.1) is 10.5 Å². The Labute approximate surface area is 182 Å². The average Bonchev–Trinajstić information content (AvgIpc) is 2.75. The zero-order chi connectivity index (χ0) is 21.9. The molecule has 1 aromatic carbocycles. The van der Waals surface area contributed by atoms with Crippen molar-refractivity contribution in [2.45, 2.75) is 103 Å². The lowest BCUT2D eigenvalue weighted by atomic mass is 10.1. The largest absolute Gasteiger partial charge is 0.461 e. The highest BCUT2D eigenvalue weighted by Crippen LogP contribution is 2.19. The second-order valence-electron chi connectivity index (χ2n) is 7.88. The smallest absolute Gasteiger partial charge is 0.306 e. The Morgan fingerprint density at radius 2 is 1.47 bits per heavy atom. The van der Waals surface area contributed by atoms with Crippen LogP contribution in [0.4, 0.5) is 5.69 Å². The van der Waals surface area contributed by atoms with E-state index in [-0.39, 0.29) is 18.3 Å². The van der Waals surface area contributed by atoms with Crippen molar-refractivity contribution >= 4 is 11.7 Å². The molecule has 0 heterocycles. The number of nitrogens with zero attached hydrogens (tertiary/aromatic N) is 1. The molecule has 0 atom stereocenters. The van der Waals surface area contributed by atoms with Crippen molar-refractivity contribution in [3.63, 3.8) is 0 Å². The van der Waals surface area contributed by atoms with Crippen LogP contribution in [0.3, 0.4) is 0 Å². The highest BCUT2D eigenvalue weighted by atomic mass is 16.6. The van der Waals surface area contributed by atoms with Gasteiger partial charge in [-0.05, 0) is 38.2 Å². The number of nitro groups is 1. The molecule has 1 aromatic rings. The summed E-state index contributed by atoms with van der Waals surface area (Å²) in [5.74, 6) is -0.286. The SMILES string of the molecule is CCCCCCCC/C=C/CCCCCCCC(=O)OCc1ccccc1[N+](=O)[O-]. The number of rotatable bonds is 18. The zero-order valence-corrected chi connectivity index (χ0v) is 18.7. The van der Waals surface area contributed by atoms with Crippen molar-refractivity contribution in [1.82, 2.24) is 0 Å². The van der Waals surface area contributed by atoms with Gasteiger partial charge in [-0.15, -0.1) is 0 Å². The summed E-state index contributed by atoms with van der Waals surface area (Å²) in [7, 11) is 0. The van der Waals surface area contributed by atoms with Crippen LogP contribution in [0, 0.1) is 10.1 Å². The number of hydrogen-bond donors (Lipinski definition) is 0. The van der Waals surface area contributed by atoms with Crippen LogP contribution in [0.5, 0.6) is 0 Å². The molecular weight excluding hydrogens is 378 g/mol. The summed E-state index contributed by atoms with van der Waals surface area (Å²) in [4.78, 5) is 22.3. The average molecular weight is 418 g/mol. The van der Waals surface area contributed by atoms with E-state index in [9.17, 15) is 14.9 Å². The number of benzene rings is 1. The van der Waals surface area contributed by atoms with Gasteiger partial charge in [0.1, 0.15) is 6.61 Å². The normalized spacial score (nSPS) is 11.1. The van der Waals surface area contributed by atoms with Crippen molar-refractivity contribution in [3.05, 3.63) is 52.1 Å². The monoisotopic (exact) mass is 417 g/mol. The Morgan fingerprint density at radius 3 is 2.10 bits per heavy atom. The van der Waals surface area contributed by atoms with Gasteiger partial charge in [-0.25, -0.2) is 0 Å². The predicted molar refractivity (Wildman–Crippen MR) is 122 cm³/mol. The Balaban J connectivity index is 1.95. The molecule has 0 spiro atoms. The van der Waals surface area contributed by atoms with E-state index in [4.69, 9.17) is 4.74 Å². The Bertz CT molecular complexity index is 627. The van der Waals surface area contributed by atoms with E-state index < -0.39 is 4.92 Å². The van der Waals surface area contributed by atoms with Gasteiger partial charge in [0.2, 0.25) is 0 Å². The number of unbranched alkanes of at least 4 members (excludes halogenated alkanes) is 11. The van der Waals surface area contributed by atoms with Gasteiger partial charge in [-0.2, -0.15) is 0 Å². The fourth-order valence-electron chi connectivity index (χ4n) is 3.38. The van der Waals surface area contributed by atoms with Crippen LogP contribution in [0.2, 0.25) is 0 Å². The molecule has 168 valence electrons. The second kappa shape index (κ2) is 17.7. The molecule has 0 aliphatic rings. The standard InChI is InChI=1S/C25H39NO4/c1-2-3-4-5-6-7-8-9-10-11-12-13-14-15-16-21-25(27)30-22-23-19-17-18-20-24(23)26(28)29/h9-10,17-20H,2-8,11-16,21-22H2,1H3/b10-9+. The fraction of sp³-hybridized carbons (Fsp3) is 0.640. The molecule has 0 radical (unpaired) electrons. The lowest BCUT2D eigenvalue weighted by molar-refractivity contribution is -0.385. The van der Waals surface area contributed by atoms with Crippen LogP contribution in [0.1, 0.15) is 102 Å². The first-order valence-electron chi connectivity index (χ1n) is 11.7. The Hall–Kier alpha value is -2.17. The summed E-state index contributed by atoms with van der Waals surface area (Å²) in [6.07, 6.45) is 20.8. The molecule has 0 aliphatic heterocycles. The third kappa shape index (κ3) is 13.1. The summed E-state index contributed by atoms with van der Waals surface area (Å²) in [5, 5.41) is 11.0. The van der Waals surface area contributed by atoms with Gasteiger partial charge in [-0.3, -0.25) is 14.9 Å². The number of allylic oxidation sites excluding steroid dienone is 2. The number of nitro benzene ring substituents is 1. The van der Waals surface area contributed by atoms with Crippen LogP contribution in [0.25, 0.3) is 0 Å². The lowest BCUT2D eigenvalue weighted by Gasteiger charge is -2.05. The van der Waals surface area contributed by atoms with Gasteiger partial charge >= 0.3 is 5.97 Å². The third-order valence-corrected chi connectivity index (χ3v) is 5.22. The second-order valence-corrected chi connectivity index (χ2v) is 7.88. The van der Waals surface area contributed by atoms with E-state index in [1.807, 2.05) is 0 Å². The van der Waals surface area contributed by atoms with Crippen molar-refractivity contribution in [2.75, 3.05) is 0 Å². The van der Waals surface area contributed by atoms with Crippen LogP contribution in [0.15, 0.2) is 36.4 Å². The number of carbonyl (C=O) groups excluding carboxylic acids is 1. The van der Waals surface area contributed by atoms with E-state index in [2.05, 4.69) is 19.1 Å². The van der Waals surface area contributed by atoms with Crippen molar-refractivity contribution in [1.29, 1.82) is 0 Å². The Morgan fingerprint density at radius 1 is 0.900 bits per heavy atom. The minimum absolute atomic E-state index is 0.00803. The highest BCUT2D eigenvalue weighted by Gasteiger charge is 2.13. The molecule has 30 heavy (non-hydrogen) atoms. The van der Waals surface area contributed by atoms with E-state index in [1.165, 1.54) is 63.9 Å². The summed E-state index contributed by atoms with van der Waals surface area (Å²) in [6, 6.07) is 6.36. The topological polar surface area (TPSA) is 69.4 Å². The molecule has 0 saturated heterocycles. The van der Waals surface area contributed by atoms with E-state index in [0.29, 0.717) is 12.0 Å². The van der Waals surface area contributed by atoms with Gasteiger partial charge in [0.15, 0.2) is 0 Å². The van der Waals surface area contributed by atoms with Gasteiger partial charge in [0, 0.05) is 12.5 Å². The number of esters is 1. The number of carbonyl (C=O) groups is 1. The molecule has 5 nitrogen and oxygen atoms in total. The van der Waals surface area contributed by atoms with Crippen LogP contribution >= 0.6 is 0 Å². The number of para-hydroxylation sites is 1. The van der Waals surface area contributed by atoms with E-state index in [1.54, 1.807) is 18.2 Å². The summed E-state index contributed by atoms with van der Waals surface area (Å²) < 4.78 is 5.19. The van der Waals surface area contributed by atoms with Gasteiger partial charge < -0.3 is 4.74 Å². The molecule has 0 bridgehead atoms. The molecule has 0 fully saturated rings. The molecule has 0 aromatic heterocycles. The molecule has 0 saturated carbocycles. The van der Waals surface area contributed by atoms with Crippen LogP contribution in [-0.4, -0.2) is 10.9 Å². The molecule has 0 unspecified atom stereocenters. The summed E-state index contributed by atoms with van der Waals surface area (Å²) >= 11 is 0. The maximum atomic E-state index is 11.8. The molecule has 0 N–H and O–H groups in total. The first-order chi connectivity index (χ1) is 14.6. The van der Waals surface area contributed by atoms with Crippen molar-refractivity contribution in [2.24, 2.45) is 0 Å². The quantitative estimate of drug-likeness (QED) is 0.0807. The predicted octanol–water partition coefficient (Wildman–Crippen LogP) is 7.68. The first kappa shape index (κ1) is 25.9. The van der Waals surface area contributed by atoms with Gasteiger partial charge in [-0.1, -0.05) is 82.6 Å². The molecule has 0 aliphatic carbocycles. The summed E-state index contributed by atoms with van der Waals surface area (Å²) in [6.45, 7) is 2.21. The fourth-order valence-corrected chi connectivity index (χ4v) is 3.38. The molecular formula is C25H39NO4. The minimum atomic E-state index is -0.451. The minimum Gasteiger partial charge on any atom is -0.461 e. The molecule has 0 amide bonds. The highest BCUT2D eigenvalue weighted by molar-refractivity contribution is 5.69. The lowest BCUT2D eigenvalue weighted by Crippen LogP contribution is -2.05. The van der Waals surface area contributed by atoms with Crippen LogP contribution < -0.4 is 0 Å².